The van der Waals surface area contributed by atoms with Crippen LogP contribution in [0.5, 0.6) is 0 Å². The fraction of sp³-hybridized carbons (Fsp3) is 0.208. The molecule has 0 amide bonds. The molecule has 3 heterocycles. The smallest absolute Gasteiger partial charge is 0.266 e. The van der Waals surface area contributed by atoms with Gasteiger partial charge in [-0.3, -0.25) is 19.2 Å². The molecule has 1 aliphatic heterocycles. The summed E-state index contributed by atoms with van der Waals surface area (Å²) in [5.41, 5.74) is 3.30. The van der Waals surface area contributed by atoms with E-state index < -0.39 is 0 Å². The van der Waals surface area contributed by atoms with Gasteiger partial charge in [-0.15, -0.1) is 0 Å². The van der Waals surface area contributed by atoms with E-state index >= 15 is 0 Å². The van der Waals surface area contributed by atoms with E-state index in [-0.39, 0.29) is 5.56 Å². The van der Waals surface area contributed by atoms with Crippen LogP contribution in [0.1, 0.15) is 13.3 Å². The Morgan fingerprint density at radius 3 is 2.40 bits per heavy atom. The van der Waals surface area contributed by atoms with Crippen molar-refractivity contribution in [2.24, 2.45) is 0 Å². The molecular weight excluding hydrogens is 374 g/mol. The molecular formula is C24H23N5O. The van der Waals surface area contributed by atoms with E-state index in [9.17, 15) is 4.79 Å². The van der Waals surface area contributed by atoms with Crippen LogP contribution in [-0.2, 0) is 6.67 Å². The van der Waals surface area contributed by atoms with Gasteiger partial charge >= 0.3 is 0 Å². The number of hydrogen-bond acceptors (Lipinski definition) is 5. The molecule has 6 heteroatoms. The summed E-state index contributed by atoms with van der Waals surface area (Å²) in [7, 11) is 0. The van der Waals surface area contributed by atoms with E-state index in [0.29, 0.717) is 30.3 Å². The molecule has 0 saturated carbocycles. The molecule has 30 heavy (non-hydrogen) atoms. The predicted octanol–water partition coefficient (Wildman–Crippen LogP) is 4.24. The zero-order valence-electron chi connectivity index (χ0n) is 16.9. The third-order valence-corrected chi connectivity index (χ3v) is 5.45. The Labute approximate surface area is 175 Å². The molecule has 0 bridgehead atoms. The highest BCUT2D eigenvalue weighted by Crippen LogP contribution is 2.30. The Balaban J connectivity index is 1.75. The normalized spacial score (nSPS) is 14.1. The molecule has 0 atom stereocenters. The van der Waals surface area contributed by atoms with Crippen LogP contribution >= 0.6 is 0 Å². The molecule has 0 N–H and O–H groups in total. The average molecular weight is 397 g/mol. The maximum atomic E-state index is 13.7. The summed E-state index contributed by atoms with van der Waals surface area (Å²) >= 11 is 0. The fourth-order valence-electron chi connectivity index (χ4n) is 4.09. The minimum absolute atomic E-state index is 0.0521. The Hall–Kier alpha value is -3.51. The second kappa shape index (κ2) is 7.72. The van der Waals surface area contributed by atoms with Crippen LogP contribution in [0.4, 0.5) is 11.6 Å². The van der Waals surface area contributed by atoms with E-state index in [2.05, 4.69) is 21.7 Å². The first-order valence-electron chi connectivity index (χ1n) is 10.3. The largest absolute Gasteiger partial charge is 0.298 e. The van der Waals surface area contributed by atoms with Gasteiger partial charge in [0.25, 0.3) is 5.56 Å². The van der Waals surface area contributed by atoms with Gasteiger partial charge in [0.05, 0.1) is 18.7 Å². The molecule has 4 aromatic rings. The van der Waals surface area contributed by atoms with E-state index in [0.717, 1.165) is 29.8 Å². The van der Waals surface area contributed by atoms with Crippen molar-refractivity contribution in [3.63, 3.8) is 0 Å². The van der Waals surface area contributed by atoms with Crippen molar-refractivity contribution in [2.45, 2.75) is 20.0 Å². The predicted molar refractivity (Wildman–Crippen MR) is 120 cm³/mol. The molecule has 0 radical (unpaired) electrons. The molecule has 150 valence electrons. The average Bonchev–Trinajstić information content (AvgIpc) is 2.80. The van der Waals surface area contributed by atoms with Crippen molar-refractivity contribution < 1.29 is 0 Å². The van der Waals surface area contributed by atoms with Gasteiger partial charge in [0.15, 0.2) is 5.65 Å². The van der Waals surface area contributed by atoms with Crippen molar-refractivity contribution in [2.75, 3.05) is 18.1 Å². The maximum Gasteiger partial charge on any atom is 0.266 e. The lowest BCUT2D eigenvalue weighted by atomic mass is 10.0. The van der Waals surface area contributed by atoms with Crippen molar-refractivity contribution >= 4 is 22.7 Å². The molecule has 2 aromatic carbocycles. The van der Waals surface area contributed by atoms with Crippen LogP contribution in [0.25, 0.3) is 22.2 Å². The third-order valence-electron chi connectivity index (χ3n) is 5.45. The van der Waals surface area contributed by atoms with E-state index in [4.69, 9.17) is 4.98 Å². The monoisotopic (exact) mass is 397 g/mol. The van der Waals surface area contributed by atoms with Crippen LogP contribution in [-0.4, -0.2) is 32.6 Å². The van der Waals surface area contributed by atoms with Crippen molar-refractivity contribution in [1.82, 2.24) is 19.4 Å². The third kappa shape index (κ3) is 3.15. The Morgan fingerprint density at radius 2 is 1.67 bits per heavy atom. The Kier molecular flexibility index (Phi) is 4.77. The molecule has 1 aliphatic rings. The minimum Gasteiger partial charge on any atom is -0.298 e. The van der Waals surface area contributed by atoms with Crippen molar-refractivity contribution in [3.05, 3.63) is 83.3 Å². The van der Waals surface area contributed by atoms with Crippen molar-refractivity contribution in [3.8, 4) is 11.1 Å². The topological polar surface area (TPSA) is 54.3 Å². The second-order valence-corrected chi connectivity index (χ2v) is 7.51. The van der Waals surface area contributed by atoms with E-state index in [1.54, 1.807) is 10.8 Å². The molecule has 0 spiro atoms. The van der Waals surface area contributed by atoms with Gasteiger partial charge in [-0.2, -0.15) is 4.98 Å². The molecule has 5 rings (SSSR count). The SMILES string of the molecule is CCCN1CN(c2ccccc2)c2nc3nccc(-c4ccccc4)c3c(=O)n2C1. The number of anilines is 2. The van der Waals surface area contributed by atoms with Gasteiger partial charge < -0.3 is 0 Å². The van der Waals surface area contributed by atoms with Gasteiger partial charge in [-0.05, 0) is 35.7 Å². The van der Waals surface area contributed by atoms with Gasteiger partial charge in [0, 0.05) is 18.4 Å². The van der Waals surface area contributed by atoms with Crippen LogP contribution in [0, 0.1) is 0 Å². The highest BCUT2D eigenvalue weighted by atomic mass is 16.1. The summed E-state index contributed by atoms with van der Waals surface area (Å²) in [6, 6.07) is 21.9. The lowest BCUT2D eigenvalue weighted by Gasteiger charge is -2.38. The number of hydrogen-bond donors (Lipinski definition) is 0. The summed E-state index contributed by atoms with van der Waals surface area (Å²) < 4.78 is 1.78. The van der Waals surface area contributed by atoms with E-state index in [1.807, 2.05) is 66.7 Å². The number of para-hydroxylation sites is 1. The lowest BCUT2D eigenvalue weighted by Crippen LogP contribution is -2.47. The van der Waals surface area contributed by atoms with Gasteiger partial charge in [0.1, 0.15) is 0 Å². The first-order chi connectivity index (χ1) is 14.8. The van der Waals surface area contributed by atoms with Gasteiger partial charge in [0.2, 0.25) is 5.95 Å². The highest BCUT2D eigenvalue weighted by molar-refractivity contribution is 5.92. The maximum absolute atomic E-state index is 13.7. The van der Waals surface area contributed by atoms with Crippen LogP contribution in [0.15, 0.2) is 77.7 Å². The summed E-state index contributed by atoms with van der Waals surface area (Å²) in [5, 5.41) is 0.568. The number of pyridine rings is 1. The number of nitrogens with zero attached hydrogens (tertiary/aromatic N) is 5. The fourth-order valence-corrected chi connectivity index (χ4v) is 4.09. The second-order valence-electron chi connectivity index (χ2n) is 7.51. The number of benzene rings is 2. The molecule has 0 saturated heterocycles. The summed E-state index contributed by atoms with van der Waals surface area (Å²) in [6.07, 6.45) is 2.75. The zero-order chi connectivity index (χ0) is 20.5. The van der Waals surface area contributed by atoms with Crippen LogP contribution in [0.2, 0.25) is 0 Å². The Morgan fingerprint density at radius 1 is 0.933 bits per heavy atom. The Bertz CT molecular complexity index is 1240. The minimum atomic E-state index is -0.0521. The van der Waals surface area contributed by atoms with Crippen LogP contribution in [0.3, 0.4) is 0 Å². The molecule has 0 aliphatic carbocycles. The molecule has 6 nitrogen and oxygen atoms in total. The zero-order valence-corrected chi connectivity index (χ0v) is 16.9. The highest BCUT2D eigenvalue weighted by Gasteiger charge is 2.27. The lowest BCUT2D eigenvalue weighted by molar-refractivity contribution is 0.200. The molecule has 0 unspecified atom stereocenters. The summed E-state index contributed by atoms with van der Waals surface area (Å²) in [4.78, 5) is 27.4. The summed E-state index contributed by atoms with van der Waals surface area (Å²) in [5.74, 6) is 0.642. The van der Waals surface area contributed by atoms with Gasteiger partial charge in [-0.1, -0.05) is 55.5 Å². The first-order valence-corrected chi connectivity index (χ1v) is 10.3. The summed E-state index contributed by atoms with van der Waals surface area (Å²) in [6.45, 7) is 4.28. The van der Waals surface area contributed by atoms with E-state index in [1.165, 1.54) is 0 Å². The number of rotatable bonds is 4. The molecule has 2 aromatic heterocycles. The van der Waals surface area contributed by atoms with Gasteiger partial charge in [-0.25, -0.2) is 4.98 Å². The quantitative estimate of drug-likeness (QED) is 0.516. The first kappa shape index (κ1) is 18.5. The number of fused-ring (bicyclic) bond motifs is 2. The molecule has 0 fully saturated rings. The standard InChI is InChI=1S/C24H23N5O/c1-2-15-27-16-28(19-11-7-4-8-12-19)24-26-22-21(23(30)29(24)17-27)20(13-14-25-22)18-9-5-3-6-10-18/h3-14H,2,15-17H2,1H3. The van der Waals surface area contributed by atoms with Crippen molar-refractivity contribution in [1.29, 1.82) is 0 Å². The van der Waals surface area contributed by atoms with Crippen LogP contribution < -0.4 is 10.5 Å². The number of aromatic nitrogens is 3.